The van der Waals surface area contributed by atoms with Crippen molar-refractivity contribution in [2.75, 3.05) is 37.6 Å². The topological polar surface area (TPSA) is 60.9 Å². The van der Waals surface area contributed by atoms with Crippen molar-refractivity contribution in [3.63, 3.8) is 0 Å². The fourth-order valence-electron chi connectivity index (χ4n) is 4.61. The number of hydrogen-bond donors (Lipinski definition) is 0. The van der Waals surface area contributed by atoms with E-state index in [1.165, 1.54) is 0 Å². The second kappa shape index (κ2) is 8.46. The predicted octanol–water partition coefficient (Wildman–Crippen LogP) is 3.56. The lowest BCUT2D eigenvalue weighted by Gasteiger charge is -2.35. The quantitative estimate of drug-likeness (QED) is 0.642. The number of anilines is 1. The van der Waals surface area contributed by atoms with E-state index in [1.807, 2.05) is 59.5 Å². The smallest absolute Gasteiger partial charge is 0.254 e. The molecule has 5 rings (SSSR count). The SMILES string of the molecule is O=C(c1cccc(N2CCCC2=O)c1)N1CCN(C(=O)c2cccc3ccccc23)CC1. The van der Waals surface area contributed by atoms with Crippen LogP contribution in [0.5, 0.6) is 0 Å². The van der Waals surface area contributed by atoms with Crippen molar-refractivity contribution in [3.05, 3.63) is 77.9 Å². The number of benzene rings is 3. The molecule has 0 spiro atoms. The number of amides is 3. The average molecular weight is 428 g/mol. The summed E-state index contributed by atoms with van der Waals surface area (Å²) in [5.74, 6) is 0.0503. The minimum atomic E-state index is -0.0595. The summed E-state index contributed by atoms with van der Waals surface area (Å²) < 4.78 is 0. The molecule has 0 aliphatic carbocycles. The highest BCUT2D eigenvalue weighted by atomic mass is 16.2. The molecule has 0 unspecified atom stereocenters. The van der Waals surface area contributed by atoms with Gasteiger partial charge in [0.05, 0.1) is 0 Å². The first-order valence-electron chi connectivity index (χ1n) is 11.1. The van der Waals surface area contributed by atoms with Crippen LogP contribution < -0.4 is 4.90 Å². The van der Waals surface area contributed by atoms with Crippen LogP contribution >= 0.6 is 0 Å². The van der Waals surface area contributed by atoms with Gasteiger partial charge in [-0.1, -0.05) is 42.5 Å². The van der Waals surface area contributed by atoms with Gasteiger partial charge in [-0.3, -0.25) is 14.4 Å². The Morgan fingerprint density at radius 3 is 2.16 bits per heavy atom. The maximum Gasteiger partial charge on any atom is 0.254 e. The molecule has 0 aromatic heterocycles. The highest BCUT2D eigenvalue weighted by molar-refractivity contribution is 6.07. The minimum Gasteiger partial charge on any atom is -0.335 e. The molecule has 6 heteroatoms. The van der Waals surface area contributed by atoms with Gasteiger partial charge in [-0.2, -0.15) is 0 Å². The lowest BCUT2D eigenvalue weighted by molar-refractivity contribution is -0.117. The maximum atomic E-state index is 13.2. The van der Waals surface area contributed by atoms with Gasteiger partial charge in [-0.05, 0) is 41.5 Å². The van der Waals surface area contributed by atoms with Crippen LogP contribution in [0, 0.1) is 0 Å². The van der Waals surface area contributed by atoms with Crippen LogP contribution in [-0.2, 0) is 4.79 Å². The van der Waals surface area contributed by atoms with Crippen molar-refractivity contribution in [1.82, 2.24) is 9.80 Å². The van der Waals surface area contributed by atoms with E-state index in [2.05, 4.69) is 0 Å². The molecule has 32 heavy (non-hydrogen) atoms. The number of hydrogen-bond acceptors (Lipinski definition) is 3. The van der Waals surface area contributed by atoms with E-state index in [0.717, 1.165) is 22.9 Å². The zero-order valence-electron chi connectivity index (χ0n) is 17.9. The molecule has 0 saturated carbocycles. The van der Waals surface area contributed by atoms with Crippen LogP contribution in [-0.4, -0.2) is 60.2 Å². The van der Waals surface area contributed by atoms with Crippen LogP contribution in [0.4, 0.5) is 5.69 Å². The van der Waals surface area contributed by atoms with Gasteiger partial charge in [0.25, 0.3) is 11.8 Å². The lowest BCUT2D eigenvalue weighted by Crippen LogP contribution is -2.50. The van der Waals surface area contributed by atoms with Gasteiger partial charge in [0.15, 0.2) is 0 Å². The van der Waals surface area contributed by atoms with Crippen molar-refractivity contribution < 1.29 is 14.4 Å². The van der Waals surface area contributed by atoms with Gasteiger partial charge in [-0.15, -0.1) is 0 Å². The Morgan fingerprint density at radius 2 is 1.41 bits per heavy atom. The van der Waals surface area contributed by atoms with E-state index >= 15 is 0 Å². The summed E-state index contributed by atoms with van der Waals surface area (Å²) in [4.78, 5) is 43.7. The third-order valence-electron chi connectivity index (χ3n) is 6.35. The number of nitrogens with zero attached hydrogens (tertiary/aromatic N) is 3. The average Bonchev–Trinajstić information content (AvgIpc) is 3.29. The number of piperazine rings is 1. The van der Waals surface area contributed by atoms with E-state index in [4.69, 9.17) is 0 Å². The Kier molecular flexibility index (Phi) is 5.35. The standard InChI is InChI=1S/C26H25N3O3/c30-24-12-5-13-29(24)21-9-3-8-20(18-21)25(31)27-14-16-28(17-15-27)26(32)23-11-4-7-19-6-1-2-10-22(19)23/h1-4,6-11,18H,5,12-17H2. The molecule has 2 heterocycles. The van der Waals surface area contributed by atoms with Crippen molar-refractivity contribution in [3.8, 4) is 0 Å². The van der Waals surface area contributed by atoms with Crippen molar-refractivity contribution in [2.24, 2.45) is 0 Å². The zero-order chi connectivity index (χ0) is 22.1. The Morgan fingerprint density at radius 1 is 0.719 bits per heavy atom. The molecule has 2 aliphatic rings. The van der Waals surface area contributed by atoms with E-state index in [0.29, 0.717) is 50.3 Å². The molecule has 3 aromatic carbocycles. The van der Waals surface area contributed by atoms with Crippen molar-refractivity contribution in [1.29, 1.82) is 0 Å². The van der Waals surface area contributed by atoms with Crippen LogP contribution in [0.25, 0.3) is 10.8 Å². The van der Waals surface area contributed by atoms with Crippen molar-refractivity contribution in [2.45, 2.75) is 12.8 Å². The number of fused-ring (bicyclic) bond motifs is 1. The summed E-state index contributed by atoms with van der Waals surface area (Å²) in [6.07, 6.45) is 1.41. The molecule has 0 atom stereocenters. The van der Waals surface area contributed by atoms with Crippen molar-refractivity contribution >= 4 is 34.2 Å². The second-order valence-corrected chi connectivity index (χ2v) is 8.31. The summed E-state index contributed by atoms with van der Waals surface area (Å²) in [6, 6.07) is 21.0. The molecule has 0 bridgehead atoms. The van der Waals surface area contributed by atoms with Gasteiger partial charge in [0.1, 0.15) is 0 Å². The highest BCUT2D eigenvalue weighted by Gasteiger charge is 2.27. The van der Waals surface area contributed by atoms with Crippen LogP contribution in [0.3, 0.4) is 0 Å². The predicted molar refractivity (Wildman–Crippen MR) is 124 cm³/mol. The van der Waals surface area contributed by atoms with E-state index in [1.54, 1.807) is 21.9 Å². The molecular formula is C26H25N3O3. The molecule has 2 saturated heterocycles. The van der Waals surface area contributed by atoms with Gasteiger partial charge in [-0.25, -0.2) is 0 Å². The Hall–Kier alpha value is -3.67. The van der Waals surface area contributed by atoms with Gasteiger partial charge >= 0.3 is 0 Å². The Bertz CT molecular complexity index is 1190. The summed E-state index contributed by atoms with van der Waals surface area (Å²) in [7, 11) is 0. The van der Waals surface area contributed by atoms with Gasteiger partial charge < -0.3 is 14.7 Å². The largest absolute Gasteiger partial charge is 0.335 e. The third kappa shape index (κ3) is 3.73. The fourth-order valence-corrected chi connectivity index (χ4v) is 4.61. The summed E-state index contributed by atoms with van der Waals surface area (Å²) >= 11 is 0. The first-order chi connectivity index (χ1) is 15.6. The Balaban J connectivity index is 1.27. The molecule has 2 aliphatic heterocycles. The molecule has 3 aromatic rings. The molecule has 2 fully saturated rings. The van der Waals surface area contributed by atoms with Crippen LogP contribution in [0.2, 0.25) is 0 Å². The fraction of sp³-hybridized carbons (Fsp3) is 0.269. The lowest BCUT2D eigenvalue weighted by atomic mass is 10.0. The Labute approximate surface area is 187 Å². The number of rotatable bonds is 3. The number of carbonyl (C=O) groups is 3. The monoisotopic (exact) mass is 427 g/mol. The normalized spacial score (nSPS) is 16.6. The van der Waals surface area contributed by atoms with E-state index in [-0.39, 0.29) is 17.7 Å². The molecule has 0 N–H and O–H groups in total. The second-order valence-electron chi connectivity index (χ2n) is 8.31. The third-order valence-corrected chi connectivity index (χ3v) is 6.35. The summed E-state index contributed by atoms with van der Waals surface area (Å²) in [5.41, 5.74) is 2.06. The zero-order valence-corrected chi connectivity index (χ0v) is 17.9. The minimum absolute atomic E-state index is 0.00319. The van der Waals surface area contributed by atoms with E-state index < -0.39 is 0 Å². The molecule has 0 radical (unpaired) electrons. The van der Waals surface area contributed by atoms with E-state index in [9.17, 15) is 14.4 Å². The molecule has 162 valence electrons. The molecule has 6 nitrogen and oxygen atoms in total. The highest BCUT2D eigenvalue weighted by Crippen LogP contribution is 2.24. The first-order valence-corrected chi connectivity index (χ1v) is 11.1. The number of carbonyl (C=O) groups excluding carboxylic acids is 3. The summed E-state index contributed by atoms with van der Waals surface area (Å²) in [6.45, 7) is 2.67. The van der Waals surface area contributed by atoms with Gasteiger partial charge in [0, 0.05) is 56.0 Å². The van der Waals surface area contributed by atoms with Gasteiger partial charge in [0.2, 0.25) is 5.91 Å². The summed E-state index contributed by atoms with van der Waals surface area (Å²) in [5, 5.41) is 2.00. The first kappa shape index (κ1) is 20.2. The maximum absolute atomic E-state index is 13.2. The molecule has 3 amide bonds. The molecular weight excluding hydrogens is 402 g/mol. The van der Waals surface area contributed by atoms with Crippen LogP contribution in [0.15, 0.2) is 66.7 Å². The van der Waals surface area contributed by atoms with Crippen LogP contribution in [0.1, 0.15) is 33.6 Å².